The maximum atomic E-state index is 12.4. The van der Waals surface area contributed by atoms with Crippen molar-refractivity contribution in [3.8, 4) is 0 Å². The maximum Gasteiger partial charge on any atom is 0.390 e. The SMILES string of the molecule is CN(c1ncnc2[nH]ccc12)C1CCCN(CCC(F)(F)F)NC1. The van der Waals surface area contributed by atoms with Crippen molar-refractivity contribution in [1.82, 2.24) is 25.4 Å². The van der Waals surface area contributed by atoms with Gasteiger partial charge in [0.05, 0.1) is 11.8 Å². The Bertz CT molecular complexity index is 671. The van der Waals surface area contributed by atoms with Crippen LogP contribution < -0.4 is 10.3 Å². The second-order valence-electron chi connectivity index (χ2n) is 6.06. The Kier molecular flexibility index (Phi) is 4.91. The van der Waals surface area contributed by atoms with E-state index in [2.05, 4.69) is 25.3 Å². The number of aromatic amines is 1. The molecular formula is C15H21F3N6. The Labute approximate surface area is 138 Å². The predicted octanol–water partition coefficient (Wildman–Crippen LogP) is 2.32. The average Bonchev–Trinajstić information content (AvgIpc) is 2.89. The fourth-order valence-corrected chi connectivity index (χ4v) is 3.03. The average molecular weight is 342 g/mol. The predicted molar refractivity (Wildman–Crippen MR) is 85.6 cm³/mol. The van der Waals surface area contributed by atoms with E-state index in [-0.39, 0.29) is 12.6 Å². The minimum atomic E-state index is -4.12. The van der Waals surface area contributed by atoms with Crippen molar-refractivity contribution in [3.63, 3.8) is 0 Å². The van der Waals surface area contributed by atoms with E-state index in [0.29, 0.717) is 13.1 Å². The first-order valence-corrected chi connectivity index (χ1v) is 8.00. The molecule has 0 spiro atoms. The van der Waals surface area contributed by atoms with Gasteiger partial charge in [0, 0.05) is 38.9 Å². The summed E-state index contributed by atoms with van der Waals surface area (Å²) >= 11 is 0. The van der Waals surface area contributed by atoms with Crippen molar-refractivity contribution >= 4 is 16.9 Å². The lowest BCUT2D eigenvalue weighted by atomic mass is 10.1. The first-order chi connectivity index (χ1) is 11.4. The van der Waals surface area contributed by atoms with E-state index in [0.717, 1.165) is 29.7 Å². The number of likely N-dealkylation sites (N-methyl/N-ethyl adjacent to an activating group) is 1. The number of anilines is 1. The highest BCUT2D eigenvalue weighted by molar-refractivity contribution is 5.87. The molecule has 24 heavy (non-hydrogen) atoms. The number of aromatic nitrogens is 3. The summed E-state index contributed by atoms with van der Waals surface area (Å²) in [5, 5.41) is 2.62. The molecular weight excluding hydrogens is 321 g/mol. The van der Waals surface area contributed by atoms with Crippen molar-refractivity contribution < 1.29 is 13.2 Å². The molecule has 1 aliphatic rings. The Morgan fingerprint density at radius 1 is 1.38 bits per heavy atom. The second kappa shape index (κ2) is 6.94. The summed E-state index contributed by atoms with van der Waals surface area (Å²) in [6, 6.07) is 2.09. The fraction of sp³-hybridized carbons (Fsp3) is 0.600. The Balaban J connectivity index is 1.64. The van der Waals surface area contributed by atoms with Gasteiger partial charge in [-0.3, -0.25) is 5.43 Å². The van der Waals surface area contributed by atoms with Crippen molar-refractivity contribution in [1.29, 1.82) is 0 Å². The third-order valence-corrected chi connectivity index (χ3v) is 4.40. The van der Waals surface area contributed by atoms with Crippen molar-refractivity contribution in [2.24, 2.45) is 0 Å². The molecule has 1 unspecified atom stereocenters. The monoisotopic (exact) mass is 342 g/mol. The van der Waals surface area contributed by atoms with Gasteiger partial charge in [0.25, 0.3) is 0 Å². The van der Waals surface area contributed by atoms with E-state index in [4.69, 9.17) is 0 Å². The summed E-state index contributed by atoms with van der Waals surface area (Å²) in [5.41, 5.74) is 3.92. The lowest BCUT2D eigenvalue weighted by Gasteiger charge is -2.29. The van der Waals surface area contributed by atoms with Crippen LogP contribution in [-0.2, 0) is 0 Å². The topological polar surface area (TPSA) is 60.1 Å². The Morgan fingerprint density at radius 3 is 3.00 bits per heavy atom. The fourth-order valence-electron chi connectivity index (χ4n) is 3.03. The van der Waals surface area contributed by atoms with Crippen molar-refractivity contribution in [2.45, 2.75) is 31.5 Å². The molecule has 0 bridgehead atoms. The van der Waals surface area contributed by atoms with Crippen molar-refractivity contribution in [3.05, 3.63) is 18.6 Å². The summed E-state index contributed by atoms with van der Waals surface area (Å²) in [7, 11) is 1.96. The van der Waals surface area contributed by atoms with E-state index in [1.165, 1.54) is 6.33 Å². The number of halogens is 3. The first kappa shape index (κ1) is 17.0. The summed E-state index contributed by atoms with van der Waals surface area (Å²) < 4.78 is 37.1. The summed E-state index contributed by atoms with van der Waals surface area (Å²) in [4.78, 5) is 13.7. The van der Waals surface area contributed by atoms with Gasteiger partial charge in [0.2, 0.25) is 0 Å². The minimum Gasteiger partial charge on any atom is -0.355 e. The molecule has 0 aliphatic carbocycles. The highest BCUT2D eigenvalue weighted by Gasteiger charge is 2.29. The standard InChI is InChI=1S/C15H21F3N6/c1-23(14-12-4-6-19-13(12)20-10-21-14)11-3-2-7-24(22-9-11)8-5-15(16,17)18/h4,6,10-11,22H,2-3,5,7-9H2,1H3,(H,19,20,21). The van der Waals surface area contributed by atoms with E-state index in [1.54, 1.807) is 5.01 Å². The van der Waals surface area contributed by atoms with Gasteiger partial charge in [0.1, 0.15) is 17.8 Å². The third-order valence-electron chi connectivity index (χ3n) is 4.40. The molecule has 1 aliphatic heterocycles. The van der Waals surface area contributed by atoms with Gasteiger partial charge in [-0.15, -0.1) is 0 Å². The Hall–Kier alpha value is -1.87. The molecule has 1 atom stereocenters. The zero-order chi connectivity index (χ0) is 17.2. The van der Waals surface area contributed by atoms with Gasteiger partial charge in [-0.2, -0.15) is 13.2 Å². The number of nitrogens with one attached hydrogen (secondary N) is 2. The number of hydrogen-bond acceptors (Lipinski definition) is 5. The number of H-pyrrole nitrogens is 1. The zero-order valence-electron chi connectivity index (χ0n) is 13.5. The molecule has 2 aromatic rings. The number of hydrazine groups is 1. The van der Waals surface area contributed by atoms with E-state index in [9.17, 15) is 13.2 Å². The van der Waals surface area contributed by atoms with E-state index in [1.807, 2.05) is 19.3 Å². The molecule has 9 heteroatoms. The minimum absolute atomic E-state index is 0.0184. The summed E-state index contributed by atoms with van der Waals surface area (Å²) in [6.07, 6.45) is 0.149. The van der Waals surface area contributed by atoms with Crippen LogP contribution in [0.2, 0.25) is 0 Å². The molecule has 132 valence electrons. The largest absolute Gasteiger partial charge is 0.390 e. The number of hydrogen-bond donors (Lipinski definition) is 2. The van der Waals surface area contributed by atoms with Gasteiger partial charge < -0.3 is 9.88 Å². The van der Waals surface area contributed by atoms with Crippen LogP contribution in [0.5, 0.6) is 0 Å². The quantitative estimate of drug-likeness (QED) is 0.893. The number of fused-ring (bicyclic) bond motifs is 1. The van der Waals surface area contributed by atoms with Crippen LogP contribution in [-0.4, -0.2) is 58.9 Å². The van der Waals surface area contributed by atoms with Crippen LogP contribution in [0.3, 0.4) is 0 Å². The van der Waals surface area contributed by atoms with Crippen LogP contribution in [0.1, 0.15) is 19.3 Å². The second-order valence-corrected chi connectivity index (χ2v) is 6.06. The van der Waals surface area contributed by atoms with Gasteiger partial charge in [-0.1, -0.05) is 0 Å². The zero-order valence-corrected chi connectivity index (χ0v) is 13.5. The smallest absolute Gasteiger partial charge is 0.355 e. The molecule has 1 fully saturated rings. The molecule has 1 saturated heterocycles. The van der Waals surface area contributed by atoms with Gasteiger partial charge in [0.15, 0.2) is 0 Å². The normalized spacial score (nSPS) is 20.2. The molecule has 2 N–H and O–H groups in total. The summed E-state index contributed by atoms with van der Waals surface area (Å²) in [6.45, 7) is 1.18. The summed E-state index contributed by atoms with van der Waals surface area (Å²) in [5.74, 6) is 0.830. The van der Waals surface area contributed by atoms with E-state index >= 15 is 0 Å². The molecule has 3 heterocycles. The third kappa shape index (κ3) is 3.96. The maximum absolute atomic E-state index is 12.4. The molecule has 0 radical (unpaired) electrons. The number of alkyl halides is 3. The molecule has 2 aromatic heterocycles. The highest BCUT2D eigenvalue weighted by Crippen LogP contribution is 2.25. The molecule has 6 nitrogen and oxygen atoms in total. The van der Waals surface area contributed by atoms with Crippen LogP contribution >= 0.6 is 0 Å². The number of rotatable bonds is 4. The lowest BCUT2D eigenvalue weighted by molar-refractivity contribution is -0.139. The van der Waals surface area contributed by atoms with Gasteiger partial charge >= 0.3 is 6.18 Å². The molecule has 0 saturated carbocycles. The van der Waals surface area contributed by atoms with Crippen LogP contribution in [0.15, 0.2) is 18.6 Å². The molecule has 0 aromatic carbocycles. The van der Waals surface area contributed by atoms with Gasteiger partial charge in [-0.05, 0) is 18.9 Å². The molecule has 0 amide bonds. The highest BCUT2D eigenvalue weighted by atomic mass is 19.4. The van der Waals surface area contributed by atoms with Gasteiger partial charge in [-0.25, -0.2) is 15.0 Å². The van der Waals surface area contributed by atoms with E-state index < -0.39 is 12.6 Å². The Morgan fingerprint density at radius 2 is 2.21 bits per heavy atom. The lowest BCUT2D eigenvalue weighted by Crippen LogP contribution is -2.45. The number of nitrogens with zero attached hydrogens (tertiary/aromatic N) is 4. The first-order valence-electron chi connectivity index (χ1n) is 8.00. The van der Waals surface area contributed by atoms with Crippen LogP contribution in [0.4, 0.5) is 19.0 Å². The van der Waals surface area contributed by atoms with Crippen LogP contribution in [0, 0.1) is 0 Å². The van der Waals surface area contributed by atoms with Crippen molar-refractivity contribution in [2.75, 3.05) is 31.6 Å². The van der Waals surface area contributed by atoms with Crippen LogP contribution in [0.25, 0.3) is 11.0 Å². The molecule has 3 rings (SSSR count).